The first-order chi connectivity index (χ1) is 42.1. The number of rotatable bonds is 15. The molecule has 6 aromatic heterocycles. The first-order valence-electron chi connectivity index (χ1n) is 32.0. The van der Waals surface area contributed by atoms with Gasteiger partial charge in [0.05, 0.1) is 34.7 Å². The van der Waals surface area contributed by atoms with E-state index >= 15 is 0 Å². The van der Waals surface area contributed by atoms with Crippen molar-refractivity contribution in [3.8, 4) is 0 Å². The maximum Gasteiger partial charge on any atom is 0.167 e. The van der Waals surface area contributed by atoms with Crippen molar-refractivity contribution in [2.75, 3.05) is 24.6 Å². The van der Waals surface area contributed by atoms with Gasteiger partial charge in [0, 0.05) is 56.9 Å². The molecule has 0 unspecified atom stereocenters. The zero-order valence-corrected chi connectivity index (χ0v) is 55.5. The molecule has 90 heavy (non-hydrogen) atoms. The van der Waals surface area contributed by atoms with Crippen molar-refractivity contribution < 1.29 is 33.2 Å². The molecule has 8 atom stereocenters. The Balaban J connectivity index is 0.000000153. The highest BCUT2D eigenvalue weighted by Gasteiger charge is 2.58. The standard InChI is InChI=1S/C33H46N8O3.C17H22N2O.C16H24N6O3.ClH/c1-18(2)40(21-12-19(13-21)8-11-25-38-22-10-9-20(32(3,4)5)14-23(22)39-25)15-24-27-28(44-33(6,7)43-27)31(42-24)41-17-37-26-29(34)35-16-36-30(26)41;1-17(2,3)12-5-6-14-15(10-12)19-16(18-14)7-4-11-8-13(20)9-11;1-8(2)18-5-9-11-12(25-16(3,4)24-11)15(23-9)22-7-21-10-13(17)19-6-20-14(10)22;/h9-10,14,16-19,21,24,27-28,31H,8,11-13,15H2,1-7H3,(H,38,39)(H2,34,35,36);5-6,10-11H,4,7-9H2,1-3H3,(H,18,19);6-9,11-12,15,18H,5H2,1-4H3,(H2,17,19,20);1H/t19?,21?,24-,27-,28-,31-;;9-,11-,12-,15-;/m1.1./s1. The maximum atomic E-state index is 11.0. The molecule has 10 heterocycles. The number of aryl methyl sites for hydroxylation is 2. The van der Waals surface area contributed by atoms with Crippen LogP contribution < -0.4 is 16.8 Å². The van der Waals surface area contributed by atoms with E-state index in [0.717, 1.165) is 78.8 Å². The molecule has 7 N–H and O–H groups in total. The number of carbonyl (C=O) groups is 1. The highest BCUT2D eigenvalue weighted by Crippen LogP contribution is 2.47. The Bertz CT molecular complexity index is 3810. The van der Waals surface area contributed by atoms with Crippen LogP contribution in [0.4, 0.5) is 11.6 Å². The van der Waals surface area contributed by atoms with Gasteiger partial charge in [0.2, 0.25) is 0 Å². The fourth-order valence-electron chi connectivity index (χ4n) is 13.5. The molecule has 0 radical (unpaired) electrons. The number of imidazole rings is 4. The average molecular weight is 1260 g/mol. The number of nitrogens with one attached hydrogen (secondary N) is 3. The van der Waals surface area contributed by atoms with Gasteiger partial charge in [0.1, 0.15) is 77.7 Å². The molecule has 6 fully saturated rings. The van der Waals surface area contributed by atoms with Crippen molar-refractivity contribution in [1.29, 1.82) is 0 Å². The van der Waals surface area contributed by atoms with Crippen LogP contribution in [0.5, 0.6) is 0 Å². The Kier molecular flexibility index (Phi) is 18.3. The summed E-state index contributed by atoms with van der Waals surface area (Å²) in [6, 6.07) is 14.3. The fourth-order valence-corrected chi connectivity index (χ4v) is 13.5. The van der Waals surface area contributed by atoms with Crippen molar-refractivity contribution in [2.24, 2.45) is 11.8 Å². The van der Waals surface area contributed by atoms with E-state index in [9.17, 15) is 4.79 Å². The van der Waals surface area contributed by atoms with Gasteiger partial charge in [-0.3, -0.25) is 18.8 Å². The maximum absolute atomic E-state index is 11.0. The van der Waals surface area contributed by atoms with Crippen molar-refractivity contribution in [2.45, 2.75) is 238 Å². The molecule has 14 rings (SSSR count). The highest BCUT2D eigenvalue weighted by atomic mass is 35.5. The zero-order valence-electron chi connectivity index (χ0n) is 54.7. The number of fused-ring (bicyclic) bond motifs is 6. The van der Waals surface area contributed by atoms with Gasteiger partial charge < -0.3 is 55.2 Å². The lowest BCUT2D eigenvalue weighted by atomic mass is 9.76. The summed E-state index contributed by atoms with van der Waals surface area (Å²) < 4.78 is 41.8. The van der Waals surface area contributed by atoms with Gasteiger partial charge in [0.15, 0.2) is 47.0 Å². The normalized spacial score (nSPS) is 26.2. The predicted molar refractivity (Wildman–Crippen MR) is 348 cm³/mol. The van der Waals surface area contributed by atoms with E-state index in [0.29, 0.717) is 76.3 Å². The molecule has 4 aliphatic heterocycles. The third-order valence-electron chi connectivity index (χ3n) is 18.4. The van der Waals surface area contributed by atoms with Gasteiger partial charge >= 0.3 is 0 Å². The molecule has 486 valence electrons. The van der Waals surface area contributed by atoms with Crippen LogP contribution in [0.1, 0.15) is 171 Å². The van der Waals surface area contributed by atoms with Crippen LogP contribution in [0, 0.1) is 11.8 Å². The lowest BCUT2D eigenvalue weighted by Gasteiger charge is -2.46. The molecular weight excluding hydrogens is 1160 g/mol. The summed E-state index contributed by atoms with van der Waals surface area (Å²) in [5.74, 6) is 3.17. The van der Waals surface area contributed by atoms with Crippen molar-refractivity contribution in [3.63, 3.8) is 0 Å². The largest absolute Gasteiger partial charge is 0.382 e. The van der Waals surface area contributed by atoms with Crippen LogP contribution in [-0.2, 0) is 56.9 Å². The van der Waals surface area contributed by atoms with Gasteiger partial charge in [-0.15, -0.1) is 12.4 Å². The van der Waals surface area contributed by atoms with Crippen molar-refractivity contribution in [1.82, 2.24) is 69.2 Å². The lowest BCUT2D eigenvalue weighted by Crippen LogP contribution is -2.52. The third-order valence-corrected chi connectivity index (χ3v) is 18.4. The molecule has 0 bridgehead atoms. The molecular formula is C66H93ClN16O7. The molecule has 8 aromatic rings. The quantitative estimate of drug-likeness (QED) is 0.0638. The second kappa shape index (κ2) is 25.3. The van der Waals surface area contributed by atoms with Gasteiger partial charge in [-0.25, -0.2) is 39.9 Å². The Labute approximate surface area is 533 Å². The van der Waals surface area contributed by atoms with Crippen LogP contribution in [0.15, 0.2) is 61.7 Å². The Morgan fingerprint density at radius 3 is 1.56 bits per heavy atom. The minimum absolute atomic E-state index is 0. The van der Waals surface area contributed by atoms with Crippen LogP contribution >= 0.6 is 12.4 Å². The second-order valence-corrected chi connectivity index (χ2v) is 29.0. The fraction of sp³-hybridized carbons (Fsp3) is 0.621. The van der Waals surface area contributed by atoms with E-state index in [4.69, 9.17) is 44.9 Å². The SMILES string of the molecule is CC(C)(C)c1ccc2nc(CCC3CC(=O)C3)[nH]c2c1.CC(C)N(C[C@H]1O[C@@H](n2cnc3c(N)ncnc32)[C@@H]2OC(C)(C)O[C@@H]21)C1CC(CCc2nc3ccc(C(C)(C)C)cc3[nH]2)C1.CC(C)NC[C@H]1O[C@@H](n2cnc3c(N)ncnc32)[C@@H]2OC(C)(C)O[C@@H]21.Cl. The minimum atomic E-state index is -0.699. The van der Waals surface area contributed by atoms with E-state index in [1.54, 1.807) is 12.7 Å². The number of carbonyl (C=O) groups excluding carboxylic acids is 1. The van der Waals surface area contributed by atoms with E-state index < -0.39 is 17.8 Å². The van der Waals surface area contributed by atoms with Gasteiger partial charge in [0.25, 0.3) is 0 Å². The van der Waals surface area contributed by atoms with Gasteiger partial charge in [-0.2, -0.15) is 0 Å². The molecule has 2 aromatic carbocycles. The molecule has 4 saturated heterocycles. The number of nitrogen functional groups attached to an aromatic ring is 2. The number of anilines is 2. The van der Waals surface area contributed by atoms with Crippen LogP contribution in [0.3, 0.4) is 0 Å². The number of halogens is 1. The molecule has 0 spiro atoms. The highest BCUT2D eigenvalue weighted by molar-refractivity contribution is 5.85. The van der Waals surface area contributed by atoms with E-state index in [1.807, 2.05) is 36.8 Å². The van der Waals surface area contributed by atoms with Crippen LogP contribution in [-0.4, -0.2) is 149 Å². The zero-order chi connectivity index (χ0) is 63.1. The van der Waals surface area contributed by atoms with E-state index in [1.165, 1.54) is 36.6 Å². The molecule has 2 saturated carbocycles. The number of aromatic amines is 2. The summed E-state index contributed by atoms with van der Waals surface area (Å²) in [4.78, 5) is 55.7. The Morgan fingerprint density at radius 2 is 1.10 bits per heavy atom. The van der Waals surface area contributed by atoms with Crippen LogP contribution in [0.25, 0.3) is 44.4 Å². The molecule has 23 nitrogen and oxygen atoms in total. The van der Waals surface area contributed by atoms with Crippen molar-refractivity contribution in [3.05, 3.63) is 84.5 Å². The molecule has 0 amide bonds. The summed E-state index contributed by atoms with van der Waals surface area (Å²) in [7, 11) is 0. The number of Topliss-reactive ketones (excluding diaryl/α,β-unsaturated/α-hetero) is 1. The summed E-state index contributed by atoms with van der Waals surface area (Å²) in [5, 5.41) is 3.41. The average Bonchev–Trinajstić information content (AvgIpc) is 1.59. The van der Waals surface area contributed by atoms with Crippen molar-refractivity contribution >= 4 is 74.2 Å². The monoisotopic (exact) mass is 1260 g/mol. The number of nitrogens with two attached hydrogens (primary N) is 2. The number of ether oxygens (including phenoxy) is 6. The number of aromatic nitrogens is 12. The molecule has 24 heteroatoms. The summed E-state index contributed by atoms with van der Waals surface area (Å²) in [6.07, 6.45) is 12.3. The summed E-state index contributed by atoms with van der Waals surface area (Å²) in [5.41, 5.74) is 21.6. The van der Waals surface area contributed by atoms with E-state index in [2.05, 4.69) is 161 Å². The van der Waals surface area contributed by atoms with E-state index in [-0.39, 0.29) is 66.1 Å². The Morgan fingerprint density at radius 1 is 0.644 bits per heavy atom. The first kappa shape index (κ1) is 65.2. The summed E-state index contributed by atoms with van der Waals surface area (Å²) >= 11 is 0. The second-order valence-electron chi connectivity index (χ2n) is 29.0. The number of hydrogen-bond donors (Lipinski definition) is 5. The topological polar surface area (TPSA) is 284 Å². The van der Waals surface area contributed by atoms with Gasteiger partial charge in [-0.05, 0) is 125 Å². The number of nitrogens with zero attached hydrogens (tertiary/aromatic N) is 11. The number of ketones is 1. The predicted octanol–water partition coefficient (Wildman–Crippen LogP) is 10.1. The minimum Gasteiger partial charge on any atom is -0.382 e. The Hall–Kier alpha value is -6.28. The summed E-state index contributed by atoms with van der Waals surface area (Å²) in [6.45, 7) is 31.4. The third kappa shape index (κ3) is 13.8. The first-order valence-corrected chi connectivity index (χ1v) is 32.0. The molecule has 2 aliphatic carbocycles. The van der Waals surface area contributed by atoms with Crippen LogP contribution in [0.2, 0.25) is 0 Å². The smallest absolute Gasteiger partial charge is 0.167 e. The number of benzene rings is 2. The number of H-pyrrole nitrogens is 2. The number of hydrogen-bond acceptors (Lipinski definition) is 19. The molecule has 6 aliphatic rings. The lowest BCUT2D eigenvalue weighted by molar-refractivity contribution is -0.199. The van der Waals surface area contributed by atoms with Gasteiger partial charge in [-0.1, -0.05) is 67.5 Å².